The van der Waals surface area contributed by atoms with Crippen LogP contribution < -0.4 is 0 Å². The van der Waals surface area contributed by atoms with E-state index in [4.69, 9.17) is 0 Å². The van der Waals surface area contributed by atoms with Crippen LogP contribution in [0.3, 0.4) is 0 Å². The average molecular weight is 181 g/mol. The van der Waals surface area contributed by atoms with Gasteiger partial charge in [-0.1, -0.05) is 24.3 Å². The molecule has 68 valence electrons. The maximum atomic E-state index is 4.46. The Bertz CT molecular complexity index is 500. The summed E-state index contributed by atoms with van der Waals surface area (Å²) in [7, 11) is 0. The molecule has 0 fully saturated rings. The first-order valence-corrected chi connectivity index (χ1v) is 4.89. The van der Waals surface area contributed by atoms with Crippen molar-refractivity contribution in [2.45, 2.75) is 13.3 Å². The lowest BCUT2D eigenvalue weighted by Crippen LogP contribution is -1.84. The van der Waals surface area contributed by atoms with Gasteiger partial charge in [-0.25, -0.2) is 0 Å². The summed E-state index contributed by atoms with van der Waals surface area (Å²) in [5, 5.41) is 0. The molecule has 0 unspecified atom stereocenters. The molecule has 1 aromatic heterocycles. The monoisotopic (exact) mass is 181 g/mol. The zero-order valence-electron chi connectivity index (χ0n) is 8.12. The highest BCUT2D eigenvalue weighted by Crippen LogP contribution is 2.36. The Morgan fingerprint density at radius 2 is 1.93 bits per heavy atom. The minimum atomic E-state index is 1.04. The van der Waals surface area contributed by atoms with E-state index in [1.165, 1.54) is 27.9 Å². The van der Waals surface area contributed by atoms with Crippen molar-refractivity contribution in [1.29, 1.82) is 0 Å². The minimum absolute atomic E-state index is 1.04. The predicted octanol–water partition coefficient (Wildman–Crippen LogP) is 2.96. The molecule has 1 heteroatoms. The molecule has 0 radical (unpaired) electrons. The van der Waals surface area contributed by atoms with Crippen molar-refractivity contribution >= 4 is 0 Å². The first kappa shape index (κ1) is 7.74. The zero-order valence-corrected chi connectivity index (χ0v) is 8.12. The molecule has 2 aromatic rings. The quantitative estimate of drug-likeness (QED) is 0.519. The fraction of sp³-hybridized carbons (Fsp3) is 0.154. The van der Waals surface area contributed by atoms with Crippen LogP contribution in [0, 0.1) is 6.92 Å². The largest absolute Gasteiger partial charge is 0.256 e. The zero-order chi connectivity index (χ0) is 9.54. The normalized spacial score (nSPS) is 12.4. The van der Waals surface area contributed by atoms with E-state index >= 15 is 0 Å². The highest BCUT2D eigenvalue weighted by atomic mass is 14.7. The predicted molar refractivity (Wildman–Crippen MR) is 57.2 cm³/mol. The van der Waals surface area contributed by atoms with E-state index in [9.17, 15) is 0 Å². The van der Waals surface area contributed by atoms with E-state index in [0.717, 1.165) is 6.42 Å². The van der Waals surface area contributed by atoms with Crippen LogP contribution >= 0.6 is 0 Å². The topological polar surface area (TPSA) is 12.9 Å². The Hall–Kier alpha value is -1.63. The third kappa shape index (κ3) is 0.925. The van der Waals surface area contributed by atoms with Gasteiger partial charge in [0.15, 0.2) is 0 Å². The summed E-state index contributed by atoms with van der Waals surface area (Å²) in [6.45, 7) is 2.16. The van der Waals surface area contributed by atoms with Crippen LogP contribution in [0.4, 0.5) is 0 Å². The second-order valence-electron chi connectivity index (χ2n) is 3.80. The highest BCUT2D eigenvalue weighted by molar-refractivity contribution is 5.76. The summed E-state index contributed by atoms with van der Waals surface area (Å²) < 4.78 is 0. The molecule has 0 saturated heterocycles. The number of benzene rings is 1. The molecule has 0 spiro atoms. The van der Waals surface area contributed by atoms with Crippen molar-refractivity contribution in [1.82, 2.24) is 4.98 Å². The third-order valence-electron chi connectivity index (χ3n) is 2.87. The van der Waals surface area contributed by atoms with Gasteiger partial charge in [-0.2, -0.15) is 0 Å². The number of fused-ring (bicyclic) bond motifs is 3. The van der Waals surface area contributed by atoms with Gasteiger partial charge in [-0.3, -0.25) is 4.98 Å². The maximum Gasteiger partial charge on any atom is 0.0742 e. The molecule has 0 N–H and O–H groups in total. The van der Waals surface area contributed by atoms with Gasteiger partial charge in [0.05, 0.1) is 5.69 Å². The molecular weight excluding hydrogens is 170 g/mol. The van der Waals surface area contributed by atoms with Gasteiger partial charge in [-0.15, -0.1) is 0 Å². The Morgan fingerprint density at radius 1 is 1.07 bits per heavy atom. The van der Waals surface area contributed by atoms with Gasteiger partial charge in [0.1, 0.15) is 0 Å². The molecule has 0 saturated carbocycles. The number of aryl methyl sites for hydroxylation is 1. The van der Waals surface area contributed by atoms with Crippen molar-refractivity contribution in [3.8, 4) is 11.3 Å². The molecule has 1 nitrogen and oxygen atoms in total. The molecule has 1 heterocycles. The number of nitrogens with zero attached hydrogens (tertiary/aromatic N) is 1. The summed E-state index contributed by atoms with van der Waals surface area (Å²) >= 11 is 0. The van der Waals surface area contributed by atoms with Crippen molar-refractivity contribution in [3.05, 3.63) is 53.2 Å². The number of hydrogen-bond donors (Lipinski definition) is 0. The van der Waals surface area contributed by atoms with Crippen LogP contribution in [0.1, 0.15) is 16.7 Å². The van der Waals surface area contributed by atoms with Crippen LogP contribution in [0.5, 0.6) is 0 Å². The summed E-state index contributed by atoms with van der Waals surface area (Å²) in [4.78, 5) is 4.46. The molecule has 14 heavy (non-hydrogen) atoms. The molecule has 3 rings (SSSR count). The second kappa shape index (κ2) is 2.68. The van der Waals surface area contributed by atoms with Gasteiger partial charge in [-0.05, 0) is 29.7 Å². The first-order chi connectivity index (χ1) is 6.86. The SMILES string of the molecule is Cc1cccc2c1-c1ncccc1C2. The van der Waals surface area contributed by atoms with Gasteiger partial charge < -0.3 is 0 Å². The molecule has 0 bridgehead atoms. The average Bonchev–Trinajstić information content (AvgIpc) is 2.57. The van der Waals surface area contributed by atoms with Crippen LogP contribution in [-0.2, 0) is 6.42 Å². The smallest absolute Gasteiger partial charge is 0.0742 e. The van der Waals surface area contributed by atoms with Gasteiger partial charge in [0.25, 0.3) is 0 Å². The summed E-state index contributed by atoms with van der Waals surface area (Å²) in [6.07, 6.45) is 2.92. The van der Waals surface area contributed by atoms with Gasteiger partial charge >= 0.3 is 0 Å². The fourth-order valence-corrected chi connectivity index (χ4v) is 2.23. The van der Waals surface area contributed by atoms with Crippen LogP contribution in [0.15, 0.2) is 36.5 Å². The molecule has 1 aliphatic carbocycles. The van der Waals surface area contributed by atoms with Crippen LogP contribution in [0.25, 0.3) is 11.3 Å². The van der Waals surface area contributed by atoms with E-state index in [-0.39, 0.29) is 0 Å². The second-order valence-corrected chi connectivity index (χ2v) is 3.80. The van der Waals surface area contributed by atoms with E-state index in [2.05, 4.69) is 36.2 Å². The summed E-state index contributed by atoms with van der Waals surface area (Å²) in [6, 6.07) is 10.7. The molecular formula is C13H11N. The van der Waals surface area contributed by atoms with Crippen molar-refractivity contribution in [2.24, 2.45) is 0 Å². The number of pyridine rings is 1. The Balaban J connectivity index is 2.35. The molecule has 1 aliphatic rings. The van der Waals surface area contributed by atoms with Crippen molar-refractivity contribution < 1.29 is 0 Å². The van der Waals surface area contributed by atoms with Crippen molar-refractivity contribution in [2.75, 3.05) is 0 Å². The molecule has 1 aromatic carbocycles. The first-order valence-electron chi connectivity index (χ1n) is 4.89. The Labute approximate surface area is 83.4 Å². The third-order valence-corrected chi connectivity index (χ3v) is 2.87. The lowest BCUT2D eigenvalue weighted by Gasteiger charge is -2.02. The lowest BCUT2D eigenvalue weighted by atomic mass is 10.0. The van der Waals surface area contributed by atoms with Gasteiger partial charge in [0, 0.05) is 18.2 Å². The maximum absolute atomic E-state index is 4.46. The van der Waals surface area contributed by atoms with Crippen LogP contribution in [0.2, 0.25) is 0 Å². The summed E-state index contributed by atoms with van der Waals surface area (Å²) in [5.41, 5.74) is 6.64. The highest BCUT2D eigenvalue weighted by Gasteiger charge is 2.19. The van der Waals surface area contributed by atoms with E-state index < -0.39 is 0 Å². The Kier molecular flexibility index (Phi) is 1.48. The molecule has 0 aliphatic heterocycles. The molecule has 0 amide bonds. The number of rotatable bonds is 0. The van der Waals surface area contributed by atoms with E-state index in [1.54, 1.807) is 0 Å². The van der Waals surface area contributed by atoms with Crippen LogP contribution in [-0.4, -0.2) is 4.98 Å². The fourth-order valence-electron chi connectivity index (χ4n) is 2.23. The standard InChI is InChI=1S/C13H11N/c1-9-4-2-5-10-8-11-6-3-7-14-13(11)12(9)10/h2-7H,8H2,1H3. The lowest BCUT2D eigenvalue weighted by molar-refractivity contribution is 1.23. The van der Waals surface area contributed by atoms with Crippen molar-refractivity contribution in [3.63, 3.8) is 0 Å². The van der Waals surface area contributed by atoms with E-state index in [1.807, 2.05) is 12.3 Å². The molecule has 0 atom stereocenters. The number of hydrogen-bond acceptors (Lipinski definition) is 1. The van der Waals surface area contributed by atoms with Gasteiger partial charge in [0.2, 0.25) is 0 Å². The minimum Gasteiger partial charge on any atom is -0.256 e. The number of aromatic nitrogens is 1. The summed E-state index contributed by atoms with van der Waals surface area (Å²) in [5.74, 6) is 0. The van der Waals surface area contributed by atoms with E-state index in [0.29, 0.717) is 0 Å². The Morgan fingerprint density at radius 3 is 2.86 bits per heavy atom.